The van der Waals surface area contributed by atoms with Gasteiger partial charge in [0.15, 0.2) is 6.10 Å². The molecule has 0 fully saturated rings. The minimum atomic E-state index is -0.677. The molecule has 2 aromatic carbocycles. The van der Waals surface area contributed by atoms with Crippen molar-refractivity contribution in [2.24, 2.45) is 0 Å². The van der Waals surface area contributed by atoms with Crippen LogP contribution in [-0.4, -0.2) is 37.6 Å². The summed E-state index contributed by atoms with van der Waals surface area (Å²) in [6, 6.07) is 15.3. The van der Waals surface area contributed by atoms with Crippen molar-refractivity contribution >= 4 is 5.91 Å². The average Bonchev–Trinajstić information content (AvgIpc) is 2.56. The number of nitrogens with one attached hydrogen (secondary N) is 1. The van der Waals surface area contributed by atoms with Crippen molar-refractivity contribution in [1.29, 1.82) is 0 Å². The lowest BCUT2D eigenvalue weighted by Gasteiger charge is -2.24. The third kappa shape index (κ3) is 5.35. The molecule has 1 N–H and O–H groups in total. The molecule has 0 spiro atoms. The Hall–Kier alpha value is -2.40. The molecule has 2 aromatic rings. The Kier molecular flexibility index (Phi) is 6.32. The Morgan fingerprint density at radius 2 is 1.75 bits per heavy atom. The van der Waals surface area contributed by atoms with Gasteiger partial charge in [-0.3, -0.25) is 4.79 Å². The van der Waals surface area contributed by atoms with Crippen molar-refractivity contribution in [3.8, 4) is 5.75 Å². The van der Waals surface area contributed by atoms with E-state index in [0.717, 1.165) is 5.56 Å². The van der Waals surface area contributed by atoms with Crippen LogP contribution in [0, 0.1) is 5.82 Å². The van der Waals surface area contributed by atoms with Crippen LogP contribution in [0.2, 0.25) is 0 Å². The van der Waals surface area contributed by atoms with E-state index >= 15 is 0 Å². The Bertz CT molecular complexity index is 644. The standard InChI is InChI=1S/C19H23FN2O2/c1-14(24-17-11-9-16(20)10-12-17)19(23)21-18(13-22(2)3)15-7-5-4-6-8-15/h4-12,14,18H,13H2,1-3H3,(H,21,23)/t14-,18+/m0/s1. The molecule has 0 aliphatic carbocycles. The number of amides is 1. The summed E-state index contributed by atoms with van der Waals surface area (Å²) in [7, 11) is 3.92. The van der Waals surface area contributed by atoms with Crippen LogP contribution in [-0.2, 0) is 4.79 Å². The van der Waals surface area contributed by atoms with Gasteiger partial charge in [-0.15, -0.1) is 0 Å². The molecule has 0 aliphatic rings. The first-order valence-electron chi connectivity index (χ1n) is 7.88. The summed E-state index contributed by atoms with van der Waals surface area (Å²) in [6.07, 6.45) is -0.677. The number of carbonyl (C=O) groups is 1. The van der Waals surface area contributed by atoms with Crippen molar-refractivity contribution in [3.05, 3.63) is 66.0 Å². The zero-order valence-electron chi connectivity index (χ0n) is 14.2. The fourth-order valence-corrected chi connectivity index (χ4v) is 2.34. The Labute approximate surface area is 142 Å². The van der Waals surface area contributed by atoms with Crippen LogP contribution < -0.4 is 10.1 Å². The predicted molar refractivity (Wildman–Crippen MR) is 92.4 cm³/mol. The second kappa shape index (κ2) is 8.45. The van der Waals surface area contributed by atoms with Crippen molar-refractivity contribution in [3.63, 3.8) is 0 Å². The molecule has 128 valence electrons. The van der Waals surface area contributed by atoms with Gasteiger partial charge in [0, 0.05) is 6.54 Å². The normalized spacial score (nSPS) is 13.4. The van der Waals surface area contributed by atoms with Gasteiger partial charge in [-0.1, -0.05) is 30.3 Å². The molecule has 0 saturated heterocycles. The molecule has 1 amide bonds. The molecule has 0 radical (unpaired) electrons. The smallest absolute Gasteiger partial charge is 0.261 e. The second-order valence-electron chi connectivity index (χ2n) is 5.95. The number of hydrogen-bond acceptors (Lipinski definition) is 3. The van der Waals surface area contributed by atoms with Gasteiger partial charge < -0.3 is 15.0 Å². The van der Waals surface area contributed by atoms with E-state index in [1.165, 1.54) is 24.3 Å². The van der Waals surface area contributed by atoms with Crippen molar-refractivity contribution in [2.45, 2.75) is 19.1 Å². The fraction of sp³-hybridized carbons (Fsp3) is 0.316. The summed E-state index contributed by atoms with van der Waals surface area (Å²) in [4.78, 5) is 14.5. The zero-order valence-corrected chi connectivity index (χ0v) is 14.2. The van der Waals surface area contributed by atoms with Gasteiger partial charge in [-0.25, -0.2) is 4.39 Å². The van der Waals surface area contributed by atoms with Gasteiger partial charge >= 0.3 is 0 Å². The lowest BCUT2D eigenvalue weighted by atomic mass is 10.1. The minimum Gasteiger partial charge on any atom is -0.481 e. The maximum absolute atomic E-state index is 12.9. The van der Waals surface area contributed by atoms with E-state index in [1.807, 2.05) is 49.3 Å². The first kappa shape index (κ1) is 17.9. The maximum Gasteiger partial charge on any atom is 0.261 e. The molecule has 0 heterocycles. The average molecular weight is 330 g/mol. The Morgan fingerprint density at radius 1 is 1.12 bits per heavy atom. The van der Waals surface area contributed by atoms with Crippen LogP contribution >= 0.6 is 0 Å². The number of ether oxygens (including phenoxy) is 1. The van der Waals surface area contributed by atoms with Crippen LogP contribution in [0.25, 0.3) is 0 Å². The minimum absolute atomic E-state index is 0.132. The summed E-state index contributed by atoms with van der Waals surface area (Å²) in [5.41, 5.74) is 1.04. The summed E-state index contributed by atoms with van der Waals surface area (Å²) in [6.45, 7) is 2.36. The molecule has 2 atom stereocenters. The van der Waals surface area contributed by atoms with Crippen molar-refractivity contribution in [1.82, 2.24) is 10.2 Å². The topological polar surface area (TPSA) is 41.6 Å². The third-order valence-electron chi connectivity index (χ3n) is 3.56. The highest BCUT2D eigenvalue weighted by Crippen LogP contribution is 2.16. The predicted octanol–water partition coefficient (Wildman–Crippen LogP) is 3.01. The quantitative estimate of drug-likeness (QED) is 0.848. The number of benzene rings is 2. The molecule has 0 unspecified atom stereocenters. The van der Waals surface area contributed by atoms with Gasteiger partial charge in [0.2, 0.25) is 0 Å². The molecule has 0 bridgehead atoms. The van der Waals surface area contributed by atoms with Crippen LogP contribution in [0.3, 0.4) is 0 Å². The van der Waals surface area contributed by atoms with Gasteiger partial charge in [0.05, 0.1) is 6.04 Å². The highest BCUT2D eigenvalue weighted by atomic mass is 19.1. The van der Waals surface area contributed by atoms with Crippen LogP contribution in [0.4, 0.5) is 4.39 Å². The van der Waals surface area contributed by atoms with E-state index in [9.17, 15) is 9.18 Å². The first-order valence-corrected chi connectivity index (χ1v) is 7.88. The van der Waals surface area contributed by atoms with Crippen molar-refractivity contribution < 1.29 is 13.9 Å². The number of carbonyl (C=O) groups excluding carboxylic acids is 1. The van der Waals surface area contributed by atoms with E-state index in [0.29, 0.717) is 12.3 Å². The fourth-order valence-electron chi connectivity index (χ4n) is 2.34. The number of halogens is 1. The molecular weight excluding hydrogens is 307 g/mol. The Balaban J connectivity index is 2.02. The van der Waals surface area contributed by atoms with E-state index in [4.69, 9.17) is 4.74 Å². The molecule has 0 aliphatic heterocycles. The highest BCUT2D eigenvalue weighted by molar-refractivity contribution is 5.81. The van der Waals surface area contributed by atoms with Gasteiger partial charge in [-0.2, -0.15) is 0 Å². The highest BCUT2D eigenvalue weighted by Gasteiger charge is 2.20. The monoisotopic (exact) mass is 330 g/mol. The van der Waals surface area contributed by atoms with Gasteiger partial charge in [0.1, 0.15) is 11.6 Å². The zero-order chi connectivity index (χ0) is 17.5. The van der Waals surface area contributed by atoms with Gasteiger partial charge in [-0.05, 0) is 50.8 Å². The Morgan fingerprint density at radius 3 is 2.33 bits per heavy atom. The number of hydrogen-bond donors (Lipinski definition) is 1. The molecule has 2 rings (SSSR count). The van der Waals surface area contributed by atoms with Gasteiger partial charge in [0.25, 0.3) is 5.91 Å². The van der Waals surface area contributed by atoms with E-state index in [-0.39, 0.29) is 17.8 Å². The number of likely N-dealkylation sites (N-methyl/N-ethyl adjacent to an activating group) is 1. The molecular formula is C19H23FN2O2. The maximum atomic E-state index is 12.9. The van der Waals surface area contributed by atoms with Crippen LogP contribution in [0.1, 0.15) is 18.5 Å². The molecule has 4 nitrogen and oxygen atoms in total. The summed E-state index contributed by atoms with van der Waals surface area (Å²) in [5, 5.41) is 3.02. The lowest BCUT2D eigenvalue weighted by molar-refractivity contribution is -0.128. The largest absolute Gasteiger partial charge is 0.481 e. The van der Waals surface area contributed by atoms with Crippen LogP contribution in [0.15, 0.2) is 54.6 Å². The third-order valence-corrected chi connectivity index (χ3v) is 3.56. The van der Waals surface area contributed by atoms with E-state index in [2.05, 4.69) is 5.32 Å². The second-order valence-corrected chi connectivity index (χ2v) is 5.95. The first-order chi connectivity index (χ1) is 11.5. The van der Waals surface area contributed by atoms with Crippen LogP contribution in [0.5, 0.6) is 5.75 Å². The SMILES string of the molecule is C[C@H](Oc1ccc(F)cc1)C(=O)N[C@H](CN(C)C)c1ccccc1. The summed E-state index contributed by atoms with van der Waals surface area (Å²) >= 11 is 0. The van der Waals surface area contributed by atoms with Crippen molar-refractivity contribution in [2.75, 3.05) is 20.6 Å². The number of nitrogens with zero attached hydrogens (tertiary/aromatic N) is 1. The molecule has 0 saturated carbocycles. The van der Waals surface area contributed by atoms with E-state index < -0.39 is 6.10 Å². The molecule has 0 aromatic heterocycles. The molecule has 5 heteroatoms. The molecule has 24 heavy (non-hydrogen) atoms. The van der Waals surface area contributed by atoms with E-state index in [1.54, 1.807) is 6.92 Å². The summed E-state index contributed by atoms with van der Waals surface area (Å²) < 4.78 is 18.5. The lowest BCUT2D eigenvalue weighted by Crippen LogP contribution is -2.41. The number of rotatable bonds is 7. The summed E-state index contributed by atoms with van der Waals surface area (Å²) in [5.74, 6) is -0.0903.